The highest BCUT2D eigenvalue weighted by Crippen LogP contribution is 2.02. The van der Waals surface area contributed by atoms with Crippen molar-refractivity contribution in [2.75, 3.05) is 0 Å². The molecule has 1 aromatic carbocycles. The van der Waals surface area contributed by atoms with Crippen LogP contribution >= 0.6 is 0 Å². The van der Waals surface area contributed by atoms with Crippen molar-refractivity contribution >= 4 is 22.6 Å². The number of carbonyl (C=O) groups is 2. The van der Waals surface area contributed by atoms with Crippen LogP contribution in [0.1, 0.15) is 19.8 Å². The van der Waals surface area contributed by atoms with Crippen molar-refractivity contribution in [1.29, 1.82) is 0 Å². The Hall–Kier alpha value is -2.90. The molecule has 0 fully saturated rings. The van der Waals surface area contributed by atoms with Crippen molar-refractivity contribution in [3.63, 3.8) is 0 Å². The molecule has 0 saturated heterocycles. The Balaban J connectivity index is 2.09. The molecule has 0 aliphatic rings. The van der Waals surface area contributed by atoms with E-state index in [1.807, 2.05) is 0 Å². The molecule has 1 heterocycles. The number of rotatable bonds is 6. The first-order valence-electron chi connectivity index (χ1n) is 7.11. The average molecular weight is 319 g/mol. The second kappa shape index (κ2) is 6.91. The predicted molar refractivity (Wildman–Crippen MR) is 83.3 cm³/mol. The zero-order valence-electron chi connectivity index (χ0n) is 12.5. The quantitative estimate of drug-likeness (QED) is 0.695. The molecule has 1 atom stereocenters. The van der Waals surface area contributed by atoms with E-state index in [0.717, 1.165) is 4.68 Å². The van der Waals surface area contributed by atoms with Crippen LogP contribution in [0.4, 0.5) is 0 Å². The standard InChI is InChI=1S/C15H17N3O5/c1-9(8-13(20)21)16-12(19)6-7-18-15(23)11-5-3-2-4-10(11)14(22)17-18/h2-5,9H,6-8H2,1H3,(H,16,19)(H,17,22)(H,20,21). The van der Waals surface area contributed by atoms with Gasteiger partial charge in [0.2, 0.25) is 5.91 Å². The smallest absolute Gasteiger partial charge is 0.305 e. The van der Waals surface area contributed by atoms with E-state index in [4.69, 9.17) is 5.11 Å². The molecular formula is C15H17N3O5. The maximum Gasteiger partial charge on any atom is 0.305 e. The number of carboxylic acid groups (broad SMARTS) is 1. The topological polar surface area (TPSA) is 121 Å². The first kappa shape index (κ1) is 16.5. The van der Waals surface area contributed by atoms with E-state index in [9.17, 15) is 19.2 Å². The summed E-state index contributed by atoms with van der Waals surface area (Å²) in [5.41, 5.74) is -0.786. The summed E-state index contributed by atoms with van der Waals surface area (Å²) in [7, 11) is 0. The molecule has 1 amide bonds. The highest BCUT2D eigenvalue weighted by molar-refractivity contribution is 5.80. The first-order valence-corrected chi connectivity index (χ1v) is 7.11. The van der Waals surface area contributed by atoms with Crippen LogP contribution in [-0.4, -0.2) is 32.8 Å². The van der Waals surface area contributed by atoms with Gasteiger partial charge in [0.1, 0.15) is 0 Å². The lowest BCUT2D eigenvalue weighted by Crippen LogP contribution is -2.36. The summed E-state index contributed by atoms with van der Waals surface area (Å²) >= 11 is 0. The summed E-state index contributed by atoms with van der Waals surface area (Å²) in [4.78, 5) is 46.5. The third-order valence-corrected chi connectivity index (χ3v) is 3.33. The molecular weight excluding hydrogens is 302 g/mol. The van der Waals surface area contributed by atoms with Gasteiger partial charge >= 0.3 is 5.97 Å². The number of nitrogens with one attached hydrogen (secondary N) is 2. The van der Waals surface area contributed by atoms with E-state index < -0.39 is 17.6 Å². The first-order chi connectivity index (χ1) is 10.9. The van der Waals surface area contributed by atoms with E-state index in [0.29, 0.717) is 5.39 Å². The molecule has 0 saturated carbocycles. The van der Waals surface area contributed by atoms with Crippen molar-refractivity contribution in [3.8, 4) is 0 Å². The number of hydrogen-bond acceptors (Lipinski definition) is 4. The molecule has 1 unspecified atom stereocenters. The molecule has 8 heteroatoms. The van der Waals surface area contributed by atoms with Gasteiger partial charge in [-0.25, -0.2) is 4.68 Å². The van der Waals surface area contributed by atoms with Crippen LogP contribution in [-0.2, 0) is 16.1 Å². The summed E-state index contributed by atoms with van der Waals surface area (Å²) in [5, 5.41) is 14.2. The fraction of sp³-hybridized carbons (Fsp3) is 0.333. The van der Waals surface area contributed by atoms with E-state index in [2.05, 4.69) is 10.4 Å². The lowest BCUT2D eigenvalue weighted by molar-refractivity contribution is -0.137. The number of fused-ring (bicyclic) bond motifs is 1. The fourth-order valence-electron chi connectivity index (χ4n) is 2.28. The number of hydrogen-bond donors (Lipinski definition) is 3. The summed E-state index contributed by atoms with van der Waals surface area (Å²) in [6.07, 6.45) is -0.226. The number of aromatic nitrogens is 2. The van der Waals surface area contributed by atoms with Gasteiger partial charge in [-0.2, -0.15) is 0 Å². The second-order valence-corrected chi connectivity index (χ2v) is 5.26. The summed E-state index contributed by atoms with van der Waals surface area (Å²) in [6.45, 7) is 1.58. The molecule has 0 spiro atoms. The van der Waals surface area contributed by atoms with Gasteiger partial charge in [-0.3, -0.25) is 24.3 Å². The van der Waals surface area contributed by atoms with Crippen LogP contribution in [0.25, 0.3) is 10.8 Å². The SMILES string of the molecule is CC(CC(=O)O)NC(=O)CCn1[nH]c(=O)c2ccccc2c1=O. The summed E-state index contributed by atoms with van der Waals surface area (Å²) in [5.74, 6) is -1.40. The molecule has 0 aliphatic carbocycles. The van der Waals surface area contributed by atoms with Crippen LogP contribution in [0.15, 0.2) is 33.9 Å². The van der Waals surface area contributed by atoms with Gasteiger partial charge in [0.05, 0.1) is 23.7 Å². The third-order valence-electron chi connectivity index (χ3n) is 3.33. The van der Waals surface area contributed by atoms with Crippen LogP contribution in [0.2, 0.25) is 0 Å². The normalized spacial score (nSPS) is 12.0. The van der Waals surface area contributed by atoms with Crippen molar-refractivity contribution < 1.29 is 14.7 Å². The zero-order valence-corrected chi connectivity index (χ0v) is 12.5. The third kappa shape index (κ3) is 4.06. The van der Waals surface area contributed by atoms with Crippen molar-refractivity contribution in [2.24, 2.45) is 0 Å². The lowest BCUT2D eigenvalue weighted by Gasteiger charge is -2.12. The van der Waals surface area contributed by atoms with Gasteiger partial charge in [-0.15, -0.1) is 0 Å². The molecule has 8 nitrogen and oxygen atoms in total. The van der Waals surface area contributed by atoms with E-state index in [1.165, 1.54) is 0 Å². The number of aliphatic carboxylic acids is 1. The van der Waals surface area contributed by atoms with Gasteiger partial charge in [0.25, 0.3) is 11.1 Å². The number of H-pyrrole nitrogens is 1. The van der Waals surface area contributed by atoms with Crippen LogP contribution in [0, 0.1) is 0 Å². The number of amides is 1. The monoisotopic (exact) mass is 319 g/mol. The molecule has 0 bridgehead atoms. The zero-order chi connectivity index (χ0) is 17.0. The maximum absolute atomic E-state index is 12.2. The average Bonchev–Trinajstić information content (AvgIpc) is 2.48. The van der Waals surface area contributed by atoms with Gasteiger partial charge in [-0.05, 0) is 19.1 Å². The number of benzene rings is 1. The number of nitrogens with zero attached hydrogens (tertiary/aromatic N) is 1. The van der Waals surface area contributed by atoms with Gasteiger partial charge in [0.15, 0.2) is 0 Å². The Kier molecular flexibility index (Phi) is 4.95. The maximum atomic E-state index is 12.2. The Morgan fingerprint density at radius 2 is 1.91 bits per heavy atom. The Labute approximate surface area is 130 Å². The minimum Gasteiger partial charge on any atom is -0.481 e. The number of carbonyl (C=O) groups excluding carboxylic acids is 1. The second-order valence-electron chi connectivity index (χ2n) is 5.26. The van der Waals surface area contributed by atoms with Crippen LogP contribution in [0.3, 0.4) is 0 Å². The molecule has 3 N–H and O–H groups in total. The Morgan fingerprint density at radius 1 is 1.26 bits per heavy atom. The van der Waals surface area contributed by atoms with Gasteiger partial charge in [0, 0.05) is 12.5 Å². The summed E-state index contributed by atoms with van der Waals surface area (Å²) < 4.78 is 1.09. The highest BCUT2D eigenvalue weighted by Gasteiger charge is 2.12. The number of carboxylic acids is 1. The van der Waals surface area contributed by atoms with E-state index in [-0.39, 0.29) is 36.2 Å². The minimum atomic E-state index is -1.01. The molecule has 1 aromatic heterocycles. The largest absolute Gasteiger partial charge is 0.481 e. The van der Waals surface area contributed by atoms with Crippen LogP contribution in [0.5, 0.6) is 0 Å². The van der Waals surface area contributed by atoms with Crippen LogP contribution < -0.4 is 16.4 Å². The predicted octanol–water partition coefficient (Wildman–Crippen LogP) is 0.0593. The summed E-state index contributed by atoms with van der Waals surface area (Å²) in [6, 6.07) is 5.93. The molecule has 0 radical (unpaired) electrons. The Morgan fingerprint density at radius 3 is 2.57 bits per heavy atom. The number of aromatic amines is 1. The molecule has 2 aromatic rings. The minimum absolute atomic E-state index is 0.00450. The Bertz CT molecular complexity index is 852. The fourth-order valence-corrected chi connectivity index (χ4v) is 2.28. The van der Waals surface area contributed by atoms with Gasteiger partial charge in [-0.1, -0.05) is 12.1 Å². The molecule has 0 aliphatic heterocycles. The van der Waals surface area contributed by atoms with E-state index in [1.54, 1.807) is 31.2 Å². The van der Waals surface area contributed by atoms with Crippen molar-refractivity contribution in [1.82, 2.24) is 15.1 Å². The molecule has 23 heavy (non-hydrogen) atoms. The molecule has 122 valence electrons. The highest BCUT2D eigenvalue weighted by atomic mass is 16.4. The molecule has 2 rings (SSSR count). The van der Waals surface area contributed by atoms with Gasteiger partial charge < -0.3 is 10.4 Å². The number of aryl methyl sites for hydroxylation is 1. The van der Waals surface area contributed by atoms with Crippen molar-refractivity contribution in [2.45, 2.75) is 32.4 Å². The van der Waals surface area contributed by atoms with E-state index >= 15 is 0 Å². The lowest BCUT2D eigenvalue weighted by atomic mass is 10.2. The van der Waals surface area contributed by atoms with Crippen molar-refractivity contribution in [3.05, 3.63) is 45.0 Å².